The van der Waals surface area contributed by atoms with Crippen molar-refractivity contribution in [3.8, 4) is 0 Å². The minimum Gasteiger partial charge on any atom is -0.323 e. The van der Waals surface area contributed by atoms with Gasteiger partial charge in [-0.2, -0.15) is 0 Å². The average Bonchev–Trinajstić information content (AvgIpc) is 3.09. The van der Waals surface area contributed by atoms with Gasteiger partial charge < -0.3 is 10.6 Å². The number of carbonyl (C=O) groups is 3. The summed E-state index contributed by atoms with van der Waals surface area (Å²) in [6.07, 6.45) is 0. The van der Waals surface area contributed by atoms with Crippen molar-refractivity contribution in [1.29, 1.82) is 0 Å². The largest absolute Gasteiger partial charge is 0.325 e. The van der Waals surface area contributed by atoms with E-state index in [0.29, 0.717) is 11.3 Å². The second-order valence-corrected chi connectivity index (χ2v) is 9.55. The van der Waals surface area contributed by atoms with Gasteiger partial charge in [0.25, 0.3) is 5.91 Å². The van der Waals surface area contributed by atoms with Gasteiger partial charge in [0.1, 0.15) is 12.1 Å². The molecule has 1 saturated heterocycles. The van der Waals surface area contributed by atoms with Crippen LogP contribution in [0.25, 0.3) is 10.8 Å². The highest BCUT2D eigenvalue weighted by Gasteiger charge is 2.50. The van der Waals surface area contributed by atoms with Crippen LogP contribution in [-0.4, -0.2) is 29.3 Å². The maximum Gasteiger partial charge on any atom is 0.325 e. The number of urea groups is 1. The van der Waals surface area contributed by atoms with Crippen LogP contribution in [-0.2, 0) is 15.1 Å². The van der Waals surface area contributed by atoms with Crippen LogP contribution in [0.15, 0.2) is 107 Å². The molecule has 0 bridgehead atoms. The number of benzene rings is 4. The fourth-order valence-corrected chi connectivity index (χ4v) is 5.22. The first-order chi connectivity index (χ1) is 17.0. The molecular formula is C28H23N3O3S. The summed E-state index contributed by atoms with van der Waals surface area (Å²) in [6, 6.07) is 30.0. The Hall–Kier alpha value is -4.10. The third-order valence-corrected chi connectivity index (χ3v) is 7.12. The summed E-state index contributed by atoms with van der Waals surface area (Å²) >= 11 is 1.52. The molecule has 4 aromatic rings. The lowest BCUT2D eigenvalue weighted by Crippen LogP contribution is -2.42. The van der Waals surface area contributed by atoms with E-state index in [1.807, 2.05) is 91.0 Å². The number of para-hydroxylation sites is 1. The van der Waals surface area contributed by atoms with Crippen LogP contribution < -0.4 is 10.6 Å². The van der Waals surface area contributed by atoms with Crippen LogP contribution in [0.1, 0.15) is 12.5 Å². The summed E-state index contributed by atoms with van der Waals surface area (Å²) in [5, 5.41) is 7.52. The maximum absolute atomic E-state index is 13.4. The third kappa shape index (κ3) is 4.38. The molecule has 1 aliphatic rings. The van der Waals surface area contributed by atoms with Gasteiger partial charge in [-0.1, -0.05) is 84.6 Å². The van der Waals surface area contributed by atoms with Crippen molar-refractivity contribution in [3.63, 3.8) is 0 Å². The fraction of sp³-hybridized carbons (Fsp3) is 0.107. The first-order valence-electron chi connectivity index (χ1n) is 11.2. The quantitative estimate of drug-likeness (QED) is 0.362. The van der Waals surface area contributed by atoms with Crippen LogP contribution in [0.4, 0.5) is 10.5 Å². The van der Waals surface area contributed by atoms with Crippen LogP contribution in [0.5, 0.6) is 0 Å². The molecule has 0 radical (unpaired) electrons. The lowest BCUT2D eigenvalue weighted by Gasteiger charge is -2.24. The Kier molecular flexibility index (Phi) is 6.01. The minimum absolute atomic E-state index is 0.380. The molecule has 1 heterocycles. The molecule has 0 spiro atoms. The molecule has 6 nitrogen and oxygen atoms in total. The predicted molar refractivity (Wildman–Crippen MR) is 137 cm³/mol. The lowest BCUT2D eigenvalue weighted by molar-refractivity contribution is -0.133. The van der Waals surface area contributed by atoms with Gasteiger partial charge in [-0.15, -0.1) is 0 Å². The summed E-state index contributed by atoms with van der Waals surface area (Å²) in [4.78, 5) is 42.1. The molecule has 4 aromatic carbocycles. The Morgan fingerprint density at radius 1 is 0.886 bits per heavy atom. The number of anilines is 1. The summed E-state index contributed by atoms with van der Waals surface area (Å²) in [7, 11) is 0. The molecule has 1 unspecified atom stereocenters. The monoisotopic (exact) mass is 481 g/mol. The maximum atomic E-state index is 13.4. The van der Waals surface area contributed by atoms with Crippen molar-refractivity contribution in [3.05, 3.63) is 103 Å². The van der Waals surface area contributed by atoms with E-state index in [1.54, 1.807) is 13.0 Å². The van der Waals surface area contributed by atoms with Crippen molar-refractivity contribution < 1.29 is 14.4 Å². The van der Waals surface area contributed by atoms with E-state index in [9.17, 15) is 14.4 Å². The summed E-state index contributed by atoms with van der Waals surface area (Å²) in [5.41, 5.74) is 0.0518. The number of nitrogens with zero attached hydrogens (tertiary/aromatic N) is 1. The van der Waals surface area contributed by atoms with E-state index in [2.05, 4.69) is 10.6 Å². The Morgan fingerprint density at radius 2 is 1.57 bits per heavy atom. The van der Waals surface area contributed by atoms with Crippen molar-refractivity contribution in [1.82, 2.24) is 10.2 Å². The van der Waals surface area contributed by atoms with Gasteiger partial charge in [0, 0.05) is 9.79 Å². The second kappa shape index (κ2) is 9.27. The smallest absolute Gasteiger partial charge is 0.323 e. The van der Waals surface area contributed by atoms with Crippen LogP contribution in [0, 0.1) is 0 Å². The molecule has 5 rings (SSSR count). The number of hydrogen-bond donors (Lipinski definition) is 2. The normalized spacial score (nSPS) is 17.5. The number of nitrogens with one attached hydrogen (secondary N) is 2. The summed E-state index contributed by atoms with van der Waals surface area (Å²) < 4.78 is 0. The summed E-state index contributed by atoms with van der Waals surface area (Å²) in [6.45, 7) is 1.30. The fourth-order valence-electron chi connectivity index (χ4n) is 4.29. The zero-order chi connectivity index (χ0) is 24.4. The predicted octanol–water partition coefficient (Wildman–Crippen LogP) is 5.40. The highest BCUT2D eigenvalue weighted by atomic mass is 32.2. The van der Waals surface area contributed by atoms with Gasteiger partial charge in [-0.05, 0) is 47.5 Å². The molecule has 1 aliphatic heterocycles. The molecular weight excluding hydrogens is 458 g/mol. The molecule has 0 aliphatic carbocycles. The Bertz CT molecular complexity index is 1430. The SMILES string of the molecule is CC1(c2cccc3ccccc23)NC(=O)N(CC(=O)Nc2ccccc2Sc2ccccc2)C1=O. The zero-order valence-electron chi connectivity index (χ0n) is 19.0. The Morgan fingerprint density at radius 3 is 2.40 bits per heavy atom. The minimum atomic E-state index is -1.26. The molecule has 0 aromatic heterocycles. The third-order valence-electron chi connectivity index (χ3n) is 6.04. The Balaban J connectivity index is 1.35. The van der Waals surface area contributed by atoms with Crippen LogP contribution in [0.3, 0.4) is 0 Å². The number of imide groups is 1. The van der Waals surface area contributed by atoms with Crippen molar-refractivity contribution in [2.24, 2.45) is 0 Å². The molecule has 174 valence electrons. The van der Waals surface area contributed by atoms with E-state index >= 15 is 0 Å². The number of amides is 4. The highest BCUT2D eigenvalue weighted by Crippen LogP contribution is 2.35. The van der Waals surface area contributed by atoms with Gasteiger partial charge in [-0.3, -0.25) is 14.5 Å². The Labute approximate surface area is 207 Å². The van der Waals surface area contributed by atoms with Crippen LogP contribution in [0.2, 0.25) is 0 Å². The van der Waals surface area contributed by atoms with Gasteiger partial charge in [0.15, 0.2) is 0 Å². The molecule has 7 heteroatoms. The van der Waals surface area contributed by atoms with Gasteiger partial charge in [0.2, 0.25) is 5.91 Å². The lowest BCUT2D eigenvalue weighted by atomic mass is 9.88. The number of rotatable bonds is 6. The van der Waals surface area contributed by atoms with Gasteiger partial charge in [-0.25, -0.2) is 4.79 Å². The number of carbonyl (C=O) groups excluding carboxylic acids is 3. The molecule has 35 heavy (non-hydrogen) atoms. The van der Waals surface area contributed by atoms with E-state index in [1.165, 1.54) is 11.8 Å². The van der Waals surface area contributed by atoms with Crippen molar-refractivity contribution >= 4 is 46.1 Å². The number of hydrogen-bond acceptors (Lipinski definition) is 4. The standard InChI is InChI=1S/C28H23N3O3S/c1-28(22-15-9-11-19-10-5-6-14-21(19)22)26(33)31(27(34)30-28)18-25(32)29-23-16-7-8-17-24(23)35-20-12-3-2-4-13-20/h2-17H,18H2,1H3,(H,29,32)(H,30,34). The average molecular weight is 482 g/mol. The molecule has 0 saturated carbocycles. The number of fused-ring (bicyclic) bond motifs is 1. The second-order valence-electron chi connectivity index (χ2n) is 8.43. The van der Waals surface area contributed by atoms with E-state index in [0.717, 1.165) is 25.5 Å². The molecule has 4 amide bonds. The first kappa shape index (κ1) is 22.7. The molecule has 1 fully saturated rings. The van der Waals surface area contributed by atoms with E-state index < -0.39 is 23.4 Å². The van der Waals surface area contributed by atoms with Gasteiger partial charge in [0.05, 0.1) is 5.69 Å². The first-order valence-corrected chi connectivity index (χ1v) is 12.0. The van der Waals surface area contributed by atoms with Gasteiger partial charge >= 0.3 is 6.03 Å². The molecule has 1 atom stereocenters. The van der Waals surface area contributed by atoms with E-state index in [4.69, 9.17) is 0 Å². The summed E-state index contributed by atoms with van der Waals surface area (Å²) in [5.74, 6) is -0.905. The highest BCUT2D eigenvalue weighted by molar-refractivity contribution is 7.99. The molecule has 2 N–H and O–H groups in total. The van der Waals surface area contributed by atoms with Crippen molar-refractivity contribution in [2.75, 3.05) is 11.9 Å². The zero-order valence-corrected chi connectivity index (χ0v) is 19.8. The van der Waals surface area contributed by atoms with Crippen LogP contribution >= 0.6 is 11.8 Å². The van der Waals surface area contributed by atoms with Crippen molar-refractivity contribution in [2.45, 2.75) is 22.3 Å². The topological polar surface area (TPSA) is 78.5 Å². The van der Waals surface area contributed by atoms with E-state index in [-0.39, 0.29) is 6.54 Å².